The fourth-order valence-corrected chi connectivity index (χ4v) is 0.732. The number of aromatic nitrogens is 1. The van der Waals surface area contributed by atoms with Crippen LogP contribution in [0.2, 0.25) is 0 Å². The Bertz CT molecular complexity index is 266. The number of pyridine rings is 1. The number of hydrogen-bond acceptors (Lipinski definition) is 3. The molecule has 64 valence electrons. The van der Waals surface area contributed by atoms with Gasteiger partial charge in [0.15, 0.2) is 0 Å². The molecule has 1 rings (SSSR count). The third-order valence-electron chi connectivity index (χ3n) is 1.32. The summed E-state index contributed by atoms with van der Waals surface area (Å²) in [5.74, 6) is 0.923. The van der Waals surface area contributed by atoms with Crippen LogP contribution in [0.25, 0.3) is 0 Å². The maximum Gasteiger partial charge on any atom is 0.134 e. The lowest BCUT2D eigenvalue weighted by molar-refractivity contribution is 0.473. The number of rotatable bonds is 3. The highest BCUT2D eigenvalue weighted by molar-refractivity contribution is 5.37. The van der Waals surface area contributed by atoms with Crippen molar-refractivity contribution in [1.29, 1.82) is 0 Å². The smallest absolute Gasteiger partial charge is 0.134 e. The monoisotopic (exact) mass is 164 g/mol. The van der Waals surface area contributed by atoms with Crippen LogP contribution in [-0.4, -0.2) is 16.6 Å². The Morgan fingerprint density at radius 3 is 2.92 bits per heavy atom. The van der Waals surface area contributed by atoms with Gasteiger partial charge in [-0.3, -0.25) is 0 Å². The average Bonchev–Trinajstić information content (AvgIpc) is 2.03. The largest absolute Gasteiger partial charge is 0.506 e. The van der Waals surface area contributed by atoms with Crippen LogP contribution in [0.5, 0.6) is 5.75 Å². The molecule has 0 fully saturated rings. The molecule has 0 spiro atoms. The maximum absolute atomic E-state index is 8.93. The van der Waals surface area contributed by atoms with Crippen molar-refractivity contribution >= 4 is 5.82 Å². The quantitative estimate of drug-likeness (QED) is 0.669. The van der Waals surface area contributed by atoms with Crippen LogP contribution in [0.15, 0.2) is 30.5 Å². The molecular weight excluding hydrogens is 152 g/mol. The highest BCUT2D eigenvalue weighted by atomic mass is 16.3. The molecule has 1 heterocycles. The van der Waals surface area contributed by atoms with Gasteiger partial charge in [-0.2, -0.15) is 0 Å². The predicted molar refractivity (Wildman–Crippen MR) is 49.2 cm³/mol. The van der Waals surface area contributed by atoms with Crippen LogP contribution in [-0.2, 0) is 0 Å². The van der Waals surface area contributed by atoms with E-state index in [0.717, 1.165) is 11.4 Å². The molecule has 0 saturated carbocycles. The zero-order valence-corrected chi connectivity index (χ0v) is 7.04. The van der Waals surface area contributed by atoms with Gasteiger partial charge in [-0.05, 0) is 19.1 Å². The van der Waals surface area contributed by atoms with Gasteiger partial charge < -0.3 is 10.4 Å². The average molecular weight is 164 g/mol. The summed E-state index contributed by atoms with van der Waals surface area (Å²) in [5.41, 5.74) is 1.05. The topological polar surface area (TPSA) is 45.1 Å². The minimum atomic E-state index is 0.177. The lowest BCUT2D eigenvalue weighted by Crippen LogP contribution is -2.02. The van der Waals surface area contributed by atoms with Crippen molar-refractivity contribution in [3.05, 3.63) is 30.5 Å². The summed E-state index contributed by atoms with van der Waals surface area (Å²) < 4.78 is 0. The normalized spacial score (nSPS) is 9.42. The summed E-state index contributed by atoms with van der Waals surface area (Å²) >= 11 is 0. The fraction of sp³-hybridized carbons (Fsp3) is 0.222. The third-order valence-corrected chi connectivity index (χ3v) is 1.32. The van der Waals surface area contributed by atoms with Crippen LogP contribution in [0.1, 0.15) is 6.92 Å². The molecule has 3 nitrogen and oxygen atoms in total. The van der Waals surface area contributed by atoms with Gasteiger partial charge in [0, 0.05) is 6.54 Å². The molecule has 1 aromatic heterocycles. The molecule has 0 aliphatic carbocycles. The number of anilines is 1. The molecule has 0 radical (unpaired) electrons. The summed E-state index contributed by atoms with van der Waals surface area (Å²) in [5, 5.41) is 12.0. The van der Waals surface area contributed by atoms with Crippen molar-refractivity contribution in [2.75, 3.05) is 11.9 Å². The van der Waals surface area contributed by atoms with Crippen molar-refractivity contribution in [1.82, 2.24) is 4.98 Å². The molecule has 0 amide bonds. The lowest BCUT2D eigenvalue weighted by atomic mass is 10.3. The molecule has 1 aromatic rings. The minimum absolute atomic E-state index is 0.177. The molecule has 0 unspecified atom stereocenters. The minimum Gasteiger partial charge on any atom is -0.506 e. The molecule has 3 heteroatoms. The Labute approximate surface area is 71.8 Å². The molecule has 12 heavy (non-hydrogen) atoms. The van der Waals surface area contributed by atoms with Crippen LogP contribution < -0.4 is 5.32 Å². The molecular formula is C9H12N2O. The summed E-state index contributed by atoms with van der Waals surface area (Å²) in [4.78, 5) is 3.95. The predicted octanol–water partition coefficient (Wildman–Crippen LogP) is 1.78. The van der Waals surface area contributed by atoms with Crippen molar-refractivity contribution in [2.24, 2.45) is 0 Å². The Balaban J connectivity index is 2.53. The Hall–Kier alpha value is -1.51. The van der Waals surface area contributed by atoms with Gasteiger partial charge in [0.1, 0.15) is 11.6 Å². The second kappa shape index (κ2) is 3.76. The second-order valence-corrected chi connectivity index (χ2v) is 2.71. The van der Waals surface area contributed by atoms with Crippen LogP contribution >= 0.6 is 0 Å². The number of hydrogen-bond donors (Lipinski definition) is 2. The lowest BCUT2D eigenvalue weighted by Gasteiger charge is -2.03. The first-order chi connectivity index (χ1) is 5.68. The van der Waals surface area contributed by atoms with E-state index in [2.05, 4.69) is 16.9 Å². The van der Waals surface area contributed by atoms with Crippen LogP contribution in [0.4, 0.5) is 5.82 Å². The highest BCUT2D eigenvalue weighted by Gasteiger charge is 1.92. The van der Waals surface area contributed by atoms with E-state index in [1.165, 1.54) is 6.20 Å². The molecule has 0 aromatic carbocycles. The summed E-state index contributed by atoms with van der Waals surface area (Å²) in [6.07, 6.45) is 1.40. The van der Waals surface area contributed by atoms with Gasteiger partial charge in [0.05, 0.1) is 6.20 Å². The molecule has 0 aliphatic rings. The molecule has 0 atom stereocenters. The van der Waals surface area contributed by atoms with Gasteiger partial charge in [-0.25, -0.2) is 4.98 Å². The third kappa shape index (κ3) is 2.62. The summed E-state index contributed by atoms with van der Waals surface area (Å²) in [6, 6.07) is 3.31. The van der Waals surface area contributed by atoms with E-state index in [1.807, 2.05) is 6.92 Å². The number of aromatic hydroxyl groups is 1. The molecule has 2 N–H and O–H groups in total. The summed E-state index contributed by atoms with van der Waals surface area (Å²) in [7, 11) is 0. The van der Waals surface area contributed by atoms with E-state index in [1.54, 1.807) is 12.1 Å². The van der Waals surface area contributed by atoms with Gasteiger partial charge in [0.25, 0.3) is 0 Å². The second-order valence-electron chi connectivity index (χ2n) is 2.71. The zero-order valence-electron chi connectivity index (χ0n) is 7.04. The first-order valence-corrected chi connectivity index (χ1v) is 3.72. The van der Waals surface area contributed by atoms with E-state index in [-0.39, 0.29) is 5.75 Å². The fourth-order valence-electron chi connectivity index (χ4n) is 0.732. The number of nitrogens with one attached hydrogen (secondary N) is 1. The molecule has 0 saturated heterocycles. The molecule has 0 aliphatic heterocycles. The number of nitrogens with zero attached hydrogens (tertiary/aromatic N) is 1. The van der Waals surface area contributed by atoms with Crippen molar-refractivity contribution < 1.29 is 5.11 Å². The van der Waals surface area contributed by atoms with Crippen molar-refractivity contribution in [3.63, 3.8) is 0 Å². The SMILES string of the molecule is C=C(C)CNc1ccc(O)cn1. The van der Waals surface area contributed by atoms with Gasteiger partial charge in [-0.1, -0.05) is 12.2 Å². The van der Waals surface area contributed by atoms with E-state index in [0.29, 0.717) is 6.54 Å². The van der Waals surface area contributed by atoms with Gasteiger partial charge in [-0.15, -0.1) is 0 Å². The summed E-state index contributed by atoms with van der Waals surface area (Å²) in [6.45, 7) is 6.39. The van der Waals surface area contributed by atoms with E-state index in [9.17, 15) is 0 Å². The molecule has 0 bridgehead atoms. The van der Waals surface area contributed by atoms with Crippen LogP contribution in [0, 0.1) is 0 Å². The van der Waals surface area contributed by atoms with Crippen molar-refractivity contribution in [2.45, 2.75) is 6.92 Å². The standard InChI is InChI=1S/C9H12N2O/c1-7(2)5-10-9-4-3-8(12)6-11-9/h3-4,6,12H,1,5H2,2H3,(H,10,11). The first-order valence-electron chi connectivity index (χ1n) is 3.72. The maximum atomic E-state index is 8.93. The Kier molecular flexibility index (Phi) is 2.69. The van der Waals surface area contributed by atoms with E-state index < -0.39 is 0 Å². The van der Waals surface area contributed by atoms with E-state index >= 15 is 0 Å². The highest BCUT2D eigenvalue weighted by Crippen LogP contribution is 2.09. The van der Waals surface area contributed by atoms with Gasteiger partial charge >= 0.3 is 0 Å². The zero-order chi connectivity index (χ0) is 8.97. The Morgan fingerprint density at radius 2 is 2.42 bits per heavy atom. The Morgan fingerprint density at radius 1 is 1.67 bits per heavy atom. The van der Waals surface area contributed by atoms with Crippen molar-refractivity contribution in [3.8, 4) is 5.75 Å². The van der Waals surface area contributed by atoms with E-state index in [4.69, 9.17) is 5.11 Å². The van der Waals surface area contributed by atoms with Crippen LogP contribution in [0.3, 0.4) is 0 Å². The van der Waals surface area contributed by atoms with Gasteiger partial charge in [0.2, 0.25) is 0 Å². The first kappa shape index (κ1) is 8.59.